The number of hydrogen-bond acceptors (Lipinski definition) is 3. The van der Waals surface area contributed by atoms with Crippen LogP contribution in [0.5, 0.6) is 0 Å². The number of hydrogen-bond donors (Lipinski definition) is 1. The van der Waals surface area contributed by atoms with Crippen molar-refractivity contribution in [2.45, 2.75) is 58.3 Å². The van der Waals surface area contributed by atoms with Crippen LogP contribution in [0.3, 0.4) is 0 Å². The standard InChI is InChI=1S/C16H27NO3/c1-12-4-2-7-14(12)11-20-16(19)9-8-15(18)17-10-13-5-3-6-13/h12-14H,2-11H2,1H3,(H,17,18). The van der Waals surface area contributed by atoms with E-state index in [9.17, 15) is 9.59 Å². The monoisotopic (exact) mass is 281 g/mol. The summed E-state index contributed by atoms with van der Waals surface area (Å²) in [5, 5.41) is 2.90. The molecule has 20 heavy (non-hydrogen) atoms. The second-order valence-electron chi connectivity index (χ2n) is 6.45. The highest BCUT2D eigenvalue weighted by molar-refractivity contribution is 5.81. The normalized spacial score (nSPS) is 26.1. The molecule has 0 aromatic carbocycles. The number of ether oxygens (including phenoxy) is 1. The van der Waals surface area contributed by atoms with Gasteiger partial charge in [-0.05, 0) is 37.0 Å². The first kappa shape index (κ1) is 15.3. The molecular weight excluding hydrogens is 254 g/mol. The van der Waals surface area contributed by atoms with E-state index >= 15 is 0 Å². The number of amides is 1. The van der Waals surface area contributed by atoms with Crippen molar-refractivity contribution in [3.63, 3.8) is 0 Å². The molecule has 0 aromatic rings. The quantitative estimate of drug-likeness (QED) is 0.730. The largest absolute Gasteiger partial charge is 0.465 e. The molecule has 2 aliphatic rings. The molecule has 2 atom stereocenters. The first-order chi connectivity index (χ1) is 9.65. The van der Waals surface area contributed by atoms with Gasteiger partial charge in [-0.3, -0.25) is 9.59 Å². The van der Waals surface area contributed by atoms with Crippen molar-refractivity contribution < 1.29 is 14.3 Å². The second kappa shape index (κ2) is 7.65. The lowest BCUT2D eigenvalue weighted by Crippen LogP contribution is -2.32. The summed E-state index contributed by atoms with van der Waals surface area (Å²) < 4.78 is 5.29. The molecule has 114 valence electrons. The number of rotatable bonds is 7. The fourth-order valence-electron chi connectivity index (χ4n) is 3.00. The summed E-state index contributed by atoms with van der Waals surface area (Å²) in [4.78, 5) is 23.2. The third kappa shape index (κ3) is 4.80. The highest BCUT2D eigenvalue weighted by Gasteiger charge is 2.24. The van der Waals surface area contributed by atoms with Crippen LogP contribution in [0.1, 0.15) is 58.3 Å². The number of esters is 1. The van der Waals surface area contributed by atoms with Crippen LogP contribution >= 0.6 is 0 Å². The van der Waals surface area contributed by atoms with Gasteiger partial charge >= 0.3 is 5.97 Å². The van der Waals surface area contributed by atoms with Crippen LogP contribution in [0.15, 0.2) is 0 Å². The van der Waals surface area contributed by atoms with Gasteiger partial charge in [-0.15, -0.1) is 0 Å². The van der Waals surface area contributed by atoms with Crippen LogP contribution < -0.4 is 5.32 Å². The van der Waals surface area contributed by atoms with E-state index in [1.807, 2.05) is 0 Å². The van der Waals surface area contributed by atoms with Gasteiger partial charge in [-0.25, -0.2) is 0 Å². The van der Waals surface area contributed by atoms with Gasteiger partial charge < -0.3 is 10.1 Å². The van der Waals surface area contributed by atoms with Crippen molar-refractivity contribution in [3.8, 4) is 0 Å². The molecule has 0 aliphatic heterocycles. The first-order valence-corrected chi connectivity index (χ1v) is 8.07. The topological polar surface area (TPSA) is 55.4 Å². The summed E-state index contributed by atoms with van der Waals surface area (Å²) in [6.45, 7) is 3.52. The Balaban J connectivity index is 1.51. The molecule has 2 fully saturated rings. The molecule has 0 heterocycles. The van der Waals surface area contributed by atoms with Crippen LogP contribution in [0, 0.1) is 17.8 Å². The Morgan fingerprint density at radius 1 is 1.10 bits per heavy atom. The van der Waals surface area contributed by atoms with Crippen LogP contribution in [-0.2, 0) is 14.3 Å². The maximum atomic E-state index is 11.6. The van der Waals surface area contributed by atoms with Crippen LogP contribution in [-0.4, -0.2) is 25.0 Å². The van der Waals surface area contributed by atoms with Gasteiger partial charge in [0.15, 0.2) is 0 Å². The molecule has 2 saturated carbocycles. The number of carbonyl (C=O) groups is 2. The Kier molecular flexibility index (Phi) is 5.86. The van der Waals surface area contributed by atoms with Crippen molar-refractivity contribution in [1.82, 2.24) is 5.32 Å². The Hall–Kier alpha value is -1.06. The summed E-state index contributed by atoms with van der Waals surface area (Å²) in [5.74, 6) is 1.58. The van der Waals surface area contributed by atoms with Crippen LogP contribution in [0.25, 0.3) is 0 Å². The van der Waals surface area contributed by atoms with E-state index in [1.165, 1.54) is 32.1 Å². The third-order valence-electron chi connectivity index (χ3n) is 4.87. The van der Waals surface area contributed by atoms with Gasteiger partial charge in [0.05, 0.1) is 13.0 Å². The fraction of sp³-hybridized carbons (Fsp3) is 0.875. The van der Waals surface area contributed by atoms with Gasteiger partial charge in [0.1, 0.15) is 0 Å². The van der Waals surface area contributed by atoms with E-state index in [0.717, 1.165) is 13.0 Å². The maximum absolute atomic E-state index is 11.6. The summed E-state index contributed by atoms with van der Waals surface area (Å²) in [7, 11) is 0. The van der Waals surface area contributed by atoms with Crippen LogP contribution in [0.4, 0.5) is 0 Å². The summed E-state index contributed by atoms with van der Waals surface area (Å²) >= 11 is 0. The number of nitrogens with one attached hydrogen (secondary N) is 1. The molecule has 2 rings (SSSR count). The SMILES string of the molecule is CC1CCCC1COC(=O)CCC(=O)NCC1CCC1. The molecule has 0 radical (unpaired) electrons. The molecule has 0 saturated heterocycles. The minimum atomic E-state index is -0.233. The predicted octanol–water partition coefficient (Wildman–Crippen LogP) is 2.66. The van der Waals surface area contributed by atoms with E-state index < -0.39 is 0 Å². The highest BCUT2D eigenvalue weighted by Crippen LogP contribution is 2.31. The van der Waals surface area contributed by atoms with E-state index in [1.54, 1.807) is 0 Å². The Morgan fingerprint density at radius 3 is 2.45 bits per heavy atom. The van der Waals surface area contributed by atoms with E-state index in [-0.39, 0.29) is 24.7 Å². The van der Waals surface area contributed by atoms with Gasteiger partial charge in [-0.2, -0.15) is 0 Å². The zero-order valence-electron chi connectivity index (χ0n) is 12.5. The lowest BCUT2D eigenvalue weighted by molar-refractivity contribution is -0.146. The van der Waals surface area contributed by atoms with E-state index in [0.29, 0.717) is 24.4 Å². The van der Waals surface area contributed by atoms with Gasteiger partial charge in [0, 0.05) is 13.0 Å². The Morgan fingerprint density at radius 2 is 1.85 bits per heavy atom. The van der Waals surface area contributed by atoms with Crippen molar-refractivity contribution in [2.24, 2.45) is 17.8 Å². The molecule has 4 heteroatoms. The average Bonchev–Trinajstić information content (AvgIpc) is 2.77. The average molecular weight is 281 g/mol. The third-order valence-corrected chi connectivity index (χ3v) is 4.87. The number of carbonyl (C=O) groups excluding carboxylic acids is 2. The smallest absolute Gasteiger partial charge is 0.306 e. The Bertz CT molecular complexity index is 339. The fourth-order valence-corrected chi connectivity index (χ4v) is 3.00. The zero-order valence-corrected chi connectivity index (χ0v) is 12.5. The molecule has 0 bridgehead atoms. The summed E-state index contributed by atoms with van der Waals surface area (Å²) in [5.41, 5.74) is 0. The van der Waals surface area contributed by atoms with E-state index in [2.05, 4.69) is 12.2 Å². The minimum absolute atomic E-state index is 0.0249. The van der Waals surface area contributed by atoms with Crippen molar-refractivity contribution in [2.75, 3.05) is 13.2 Å². The molecule has 2 aliphatic carbocycles. The molecule has 0 aromatic heterocycles. The summed E-state index contributed by atoms with van der Waals surface area (Å²) in [6.07, 6.45) is 7.84. The molecule has 0 spiro atoms. The zero-order chi connectivity index (χ0) is 14.4. The van der Waals surface area contributed by atoms with Crippen LogP contribution in [0.2, 0.25) is 0 Å². The van der Waals surface area contributed by atoms with Crippen molar-refractivity contribution in [1.29, 1.82) is 0 Å². The summed E-state index contributed by atoms with van der Waals surface area (Å²) in [6, 6.07) is 0. The molecule has 1 amide bonds. The second-order valence-corrected chi connectivity index (χ2v) is 6.45. The molecular formula is C16H27NO3. The van der Waals surface area contributed by atoms with Crippen molar-refractivity contribution >= 4 is 11.9 Å². The van der Waals surface area contributed by atoms with Gasteiger partial charge in [0.2, 0.25) is 5.91 Å². The molecule has 4 nitrogen and oxygen atoms in total. The minimum Gasteiger partial charge on any atom is -0.465 e. The molecule has 2 unspecified atom stereocenters. The molecule has 1 N–H and O–H groups in total. The highest BCUT2D eigenvalue weighted by atomic mass is 16.5. The lowest BCUT2D eigenvalue weighted by atomic mass is 9.85. The van der Waals surface area contributed by atoms with E-state index in [4.69, 9.17) is 4.74 Å². The first-order valence-electron chi connectivity index (χ1n) is 8.07. The predicted molar refractivity (Wildman–Crippen MR) is 77.0 cm³/mol. The Labute approximate surface area is 121 Å². The van der Waals surface area contributed by atoms with Crippen molar-refractivity contribution in [3.05, 3.63) is 0 Å². The van der Waals surface area contributed by atoms with Gasteiger partial charge in [0.25, 0.3) is 0 Å². The lowest BCUT2D eigenvalue weighted by Gasteiger charge is -2.25. The maximum Gasteiger partial charge on any atom is 0.306 e. The van der Waals surface area contributed by atoms with Gasteiger partial charge in [-0.1, -0.05) is 26.2 Å².